The molecule has 15 atom stereocenters. The largest absolute Gasteiger partial charge is 0.460 e. The fourth-order valence-electron chi connectivity index (χ4n) is 10.8. The van der Waals surface area contributed by atoms with Crippen molar-refractivity contribution in [3.8, 4) is 0 Å². The fraction of sp³-hybridized carbons (Fsp3) is 0.929. The van der Waals surface area contributed by atoms with E-state index in [-0.39, 0.29) is 52.5 Å². The van der Waals surface area contributed by atoms with Gasteiger partial charge in [0.25, 0.3) is 0 Å². The molecular weight excluding hydrogens is 600 g/mol. The summed E-state index contributed by atoms with van der Waals surface area (Å²) in [5.74, 6) is 9.13. The van der Waals surface area contributed by atoms with Crippen molar-refractivity contribution < 1.29 is 28.6 Å². The topological polar surface area (TPSA) is 78.9 Å². The minimum atomic E-state index is -0.340. The summed E-state index contributed by atoms with van der Waals surface area (Å²) in [6, 6.07) is 0. The van der Waals surface area contributed by atoms with Crippen LogP contribution >= 0.6 is 0 Å². The standard InChI is InChI=1S/3C14H24O2/c3*1-8-9(2)11-6-10(8)7-12(11)13(15)16-14(3,4)5/h3*8-12H,6-7H2,1-5H3. The quantitative estimate of drug-likeness (QED) is 0.219. The van der Waals surface area contributed by atoms with E-state index in [1.165, 1.54) is 19.3 Å². The first-order valence-corrected chi connectivity index (χ1v) is 19.6. The number of ether oxygens (including phenoxy) is 3. The Hall–Kier alpha value is -1.59. The van der Waals surface area contributed by atoms with Gasteiger partial charge in [0.15, 0.2) is 0 Å². The minimum absolute atomic E-state index is 0.0405. The number of rotatable bonds is 3. The van der Waals surface area contributed by atoms with Crippen molar-refractivity contribution in [3.05, 3.63) is 0 Å². The van der Waals surface area contributed by atoms with Crippen molar-refractivity contribution in [2.75, 3.05) is 0 Å². The highest BCUT2D eigenvalue weighted by Gasteiger charge is 2.54. The summed E-state index contributed by atoms with van der Waals surface area (Å²) in [5.41, 5.74) is -1.02. The van der Waals surface area contributed by atoms with Gasteiger partial charge in [-0.3, -0.25) is 14.4 Å². The van der Waals surface area contributed by atoms with Gasteiger partial charge in [-0.25, -0.2) is 0 Å². The second kappa shape index (κ2) is 14.2. The zero-order chi connectivity index (χ0) is 36.3. The number of hydrogen-bond donors (Lipinski definition) is 0. The van der Waals surface area contributed by atoms with Crippen LogP contribution in [0.5, 0.6) is 0 Å². The molecule has 6 saturated carbocycles. The van der Waals surface area contributed by atoms with Gasteiger partial charge in [-0.2, -0.15) is 0 Å². The predicted octanol–water partition coefficient (Wildman–Crippen LogP) is 9.77. The van der Waals surface area contributed by atoms with Gasteiger partial charge >= 0.3 is 17.9 Å². The van der Waals surface area contributed by atoms with E-state index < -0.39 is 0 Å². The maximum absolute atomic E-state index is 12.1. The third kappa shape index (κ3) is 8.82. The summed E-state index contributed by atoms with van der Waals surface area (Å²) in [6.45, 7) is 31.4. The lowest BCUT2D eigenvalue weighted by Crippen LogP contribution is -2.35. The van der Waals surface area contributed by atoms with Gasteiger partial charge in [-0.1, -0.05) is 41.5 Å². The van der Waals surface area contributed by atoms with Gasteiger partial charge in [0.1, 0.15) is 16.8 Å². The lowest BCUT2D eigenvalue weighted by atomic mass is 9.76. The van der Waals surface area contributed by atoms with E-state index in [0.29, 0.717) is 35.5 Å². The Morgan fingerprint density at radius 3 is 0.729 bits per heavy atom. The highest BCUT2D eigenvalue weighted by atomic mass is 16.6. The molecule has 0 N–H and O–H groups in total. The van der Waals surface area contributed by atoms with Crippen LogP contribution in [-0.2, 0) is 28.6 Å². The Morgan fingerprint density at radius 1 is 0.375 bits per heavy atom. The molecule has 6 heteroatoms. The molecule has 6 bridgehead atoms. The van der Waals surface area contributed by atoms with E-state index in [4.69, 9.17) is 14.2 Å². The van der Waals surface area contributed by atoms with Crippen molar-refractivity contribution in [3.63, 3.8) is 0 Å². The second-order valence-electron chi connectivity index (χ2n) is 20.3. The van der Waals surface area contributed by atoms with Crippen molar-refractivity contribution in [2.45, 2.75) is 159 Å². The molecule has 0 saturated heterocycles. The smallest absolute Gasteiger partial charge is 0.309 e. The van der Waals surface area contributed by atoms with Gasteiger partial charge in [0.2, 0.25) is 0 Å². The third-order valence-corrected chi connectivity index (χ3v) is 13.8. The lowest BCUT2D eigenvalue weighted by Gasteiger charge is -2.32. The predicted molar refractivity (Wildman–Crippen MR) is 192 cm³/mol. The first kappa shape index (κ1) is 39.2. The lowest BCUT2D eigenvalue weighted by molar-refractivity contribution is -0.164. The Bertz CT molecular complexity index is 1010. The highest BCUT2D eigenvalue weighted by molar-refractivity contribution is 5.75. The molecule has 276 valence electrons. The van der Waals surface area contributed by atoms with Crippen LogP contribution in [0.25, 0.3) is 0 Å². The first-order chi connectivity index (χ1) is 21.9. The van der Waals surface area contributed by atoms with Gasteiger partial charge in [-0.15, -0.1) is 0 Å². The maximum Gasteiger partial charge on any atom is 0.309 e. The summed E-state index contributed by atoms with van der Waals surface area (Å²) >= 11 is 0. The molecule has 15 unspecified atom stereocenters. The molecule has 0 radical (unpaired) electrons. The molecular formula is C42H72O6. The summed E-state index contributed by atoms with van der Waals surface area (Å²) in [4.78, 5) is 36.2. The van der Waals surface area contributed by atoms with Crippen LogP contribution in [0.2, 0.25) is 0 Å². The Labute approximate surface area is 294 Å². The van der Waals surface area contributed by atoms with Crippen LogP contribution in [0, 0.1) is 88.8 Å². The van der Waals surface area contributed by atoms with Gasteiger partial charge < -0.3 is 14.2 Å². The van der Waals surface area contributed by atoms with E-state index in [1.54, 1.807) is 0 Å². The summed E-state index contributed by atoms with van der Waals surface area (Å²) in [6.07, 6.45) is 6.91. The van der Waals surface area contributed by atoms with Crippen molar-refractivity contribution in [2.24, 2.45) is 88.8 Å². The summed E-state index contributed by atoms with van der Waals surface area (Å²) < 4.78 is 16.6. The fourth-order valence-corrected chi connectivity index (χ4v) is 10.8. The van der Waals surface area contributed by atoms with Crippen LogP contribution in [0.15, 0.2) is 0 Å². The van der Waals surface area contributed by atoms with E-state index in [0.717, 1.165) is 54.8 Å². The van der Waals surface area contributed by atoms with Crippen LogP contribution in [-0.4, -0.2) is 34.7 Å². The second-order valence-corrected chi connectivity index (χ2v) is 20.3. The summed E-state index contributed by atoms with van der Waals surface area (Å²) in [5, 5.41) is 0. The molecule has 6 aliphatic rings. The zero-order valence-electron chi connectivity index (χ0n) is 33.4. The average Bonchev–Trinajstić information content (AvgIpc) is 3.77. The van der Waals surface area contributed by atoms with Gasteiger partial charge in [0, 0.05) is 0 Å². The third-order valence-electron chi connectivity index (χ3n) is 13.8. The van der Waals surface area contributed by atoms with Crippen LogP contribution < -0.4 is 0 Å². The molecule has 0 aromatic heterocycles. The number of hydrogen-bond acceptors (Lipinski definition) is 6. The normalized spacial score (nSPS) is 42.4. The molecule has 0 aliphatic heterocycles. The monoisotopic (exact) mass is 673 g/mol. The molecule has 0 aromatic carbocycles. The maximum atomic E-state index is 12.1. The van der Waals surface area contributed by atoms with E-state index in [1.807, 2.05) is 62.3 Å². The molecule has 6 rings (SSSR count). The van der Waals surface area contributed by atoms with E-state index >= 15 is 0 Å². The summed E-state index contributed by atoms with van der Waals surface area (Å²) in [7, 11) is 0. The van der Waals surface area contributed by atoms with E-state index in [9.17, 15) is 14.4 Å². The Balaban J connectivity index is 0.000000163. The van der Waals surface area contributed by atoms with Crippen LogP contribution in [0.1, 0.15) is 142 Å². The molecule has 6 aliphatic carbocycles. The number of carbonyl (C=O) groups excluding carboxylic acids is 3. The molecule has 0 spiro atoms. The SMILES string of the molecule is CC1C2CC(C(=O)OC(C)(C)C)C(C2)C1C.CC1C2CC(C(=O)OC(C)(C)C)C(C2)C1C.CC1C2CC(C(=O)OC(C)(C)C)C(C2)C1C. The Kier molecular flexibility index (Phi) is 11.6. The van der Waals surface area contributed by atoms with Gasteiger partial charge in [0.05, 0.1) is 17.8 Å². The van der Waals surface area contributed by atoms with Crippen molar-refractivity contribution in [1.82, 2.24) is 0 Å². The van der Waals surface area contributed by atoms with Crippen molar-refractivity contribution >= 4 is 17.9 Å². The van der Waals surface area contributed by atoms with Gasteiger partial charge in [-0.05, 0) is 172 Å². The van der Waals surface area contributed by atoms with E-state index in [2.05, 4.69) is 41.5 Å². The number of carbonyl (C=O) groups is 3. The minimum Gasteiger partial charge on any atom is -0.460 e. The molecule has 48 heavy (non-hydrogen) atoms. The first-order valence-electron chi connectivity index (χ1n) is 19.6. The molecule has 0 amide bonds. The van der Waals surface area contributed by atoms with Crippen molar-refractivity contribution in [1.29, 1.82) is 0 Å². The van der Waals surface area contributed by atoms with Crippen LogP contribution in [0.3, 0.4) is 0 Å². The molecule has 0 aromatic rings. The zero-order valence-corrected chi connectivity index (χ0v) is 33.4. The Morgan fingerprint density at radius 2 is 0.583 bits per heavy atom. The molecule has 6 fully saturated rings. The van der Waals surface area contributed by atoms with Crippen LogP contribution in [0.4, 0.5) is 0 Å². The molecule has 0 heterocycles. The molecule has 6 nitrogen and oxygen atoms in total. The highest BCUT2D eigenvalue weighted by Crippen LogP contribution is 2.57. The number of esters is 3. The number of fused-ring (bicyclic) bond motifs is 6. The average molecular weight is 673 g/mol.